The van der Waals surface area contributed by atoms with Gasteiger partial charge in [-0.2, -0.15) is 0 Å². The van der Waals surface area contributed by atoms with Gasteiger partial charge in [-0.15, -0.1) is 0 Å². The summed E-state index contributed by atoms with van der Waals surface area (Å²) in [7, 11) is 0. The number of rotatable bonds is 5. The Morgan fingerprint density at radius 1 is 0.700 bits per heavy atom. The number of hydrogen-bond acceptors (Lipinski definition) is 2. The second-order valence-corrected chi connectivity index (χ2v) is 16.5. The molecule has 0 amide bonds. The molecular formula is C36H50Br2N2. The predicted octanol–water partition coefficient (Wildman–Crippen LogP) is 10.3. The van der Waals surface area contributed by atoms with Gasteiger partial charge in [0.05, 0.1) is 0 Å². The van der Waals surface area contributed by atoms with Gasteiger partial charge in [0, 0.05) is 51.1 Å². The molecule has 0 aromatic rings. The average Bonchev–Trinajstić information content (AvgIpc) is 3.34. The van der Waals surface area contributed by atoms with E-state index in [0.29, 0.717) is 6.04 Å². The van der Waals surface area contributed by atoms with E-state index in [1.807, 2.05) is 5.57 Å². The van der Waals surface area contributed by atoms with Crippen LogP contribution >= 0.6 is 31.9 Å². The average molecular weight is 671 g/mol. The van der Waals surface area contributed by atoms with Gasteiger partial charge in [0.1, 0.15) is 0 Å². The Morgan fingerprint density at radius 3 is 2.12 bits per heavy atom. The highest BCUT2D eigenvalue weighted by atomic mass is 79.9. The fourth-order valence-electron chi connectivity index (χ4n) is 9.63. The van der Waals surface area contributed by atoms with Crippen molar-refractivity contribution < 1.29 is 0 Å². The summed E-state index contributed by atoms with van der Waals surface area (Å²) in [6, 6.07) is 2.96. The molecule has 2 saturated carbocycles. The van der Waals surface area contributed by atoms with E-state index in [9.17, 15) is 0 Å². The quantitative estimate of drug-likeness (QED) is 0.212. The summed E-state index contributed by atoms with van der Waals surface area (Å²) in [5.74, 6) is 0.725. The number of halogens is 2. The molecule has 1 heterocycles. The highest BCUT2D eigenvalue weighted by molar-refractivity contribution is 9.09. The third-order valence-electron chi connectivity index (χ3n) is 11.6. The lowest BCUT2D eigenvalue weighted by Gasteiger charge is -2.46. The molecule has 4 heteroatoms. The smallest absolute Gasteiger partial charge is 0.0393 e. The Bertz CT molecular complexity index is 1060. The Morgan fingerprint density at radius 2 is 1.43 bits per heavy atom. The van der Waals surface area contributed by atoms with Gasteiger partial charge >= 0.3 is 0 Å². The molecular weight excluding hydrogens is 620 g/mol. The minimum Gasteiger partial charge on any atom is -0.369 e. The van der Waals surface area contributed by atoms with Crippen molar-refractivity contribution in [3.05, 3.63) is 58.5 Å². The first-order valence-electron chi connectivity index (χ1n) is 17.0. The lowest BCUT2D eigenvalue weighted by Crippen LogP contribution is -2.46. The zero-order valence-electron chi connectivity index (χ0n) is 24.5. The Hall–Kier alpha value is -0.740. The number of alkyl halides is 2. The van der Waals surface area contributed by atoms with Crippen LogP contribution in [0.2, 0.25) is 0 Å². The minimum absolute atomic E-state index is 0.714. The summed E-state index contributed by atoms with van der Waals surface area (Å²) < 4.78 is 0. The van der Waals surface area contributed by atoms with Crippen molar-refractivity contribution in [1.82, 2.24) is 9.80 Å². The fourth-order valence-corrected chi connectivity index (χ4v) is 10.7. The monoisotopic (exact) mass is 668 g/mol. The highest BCUT2D eigenvalue weighted by Crippen LogP contribution is 2.49. The van der Waals surface area contributed by atoms with Gasteiger partial charge in [0.2, 0.25) is 0 Å². The van der Waals surface area contributed by atoms with E-state index in [-0.39, 0.29) is 0 Å². The molecule has 2 nitrogen and oxygen atoms in total. The summed E-state index contributed by atoms with van der Waals surface area (Å²) in [6.45, 7) is 0. The first-order chi connectivity index (χ1) is 19.7. The standard InChI is InChI=1S/C36H50Br2N2/c37-27-14-20-30(21-15-27)39(31-22-16-28(38)17-23-31)29-18-12-25(13-19-29)26-6-5-7-32(24-26)40-35-10-3-1-8-33(35)34-9-2-4-11-36(34)40/h1,6,8,12,18,27-28,30-33,35H,2-5,7,9-11,13-17,19-24H2. The van der Waals surface area contributed by atoms with Gasteiger partial charge < -0.3 is 9.80 Å². The van der Waals surface area contributed by atoms with Crippen molar-refractivity contribution in [3.8, 4) is 0 Å². The predicted molar refractivity (Wildman–Crippen MR) is 176 cm³/mol. The fraction of sp³-hybridized carbons (Fsp3) is 0.722. The molecule has 1 aliphatic heterocycles. The van der Waals surface area contributed by atoms with Gasteiger partial charge in [-0.25, -0.2) is 0 Å². The van der Waals surface area contributed by atoms with Crippen molar-refractivity contribution in [3.63, 3.8) is 0 Å². The Labute approximate surface area is 260 Å². The molecule has 7 rings (SSSR count). The molecule has 0 bridgehead atoms. The van der Waals surface area contributed by atoms with Crippen LogP contribution in [-0.4, -0.2) is 43.6 Å². The molecule has 0 radical (unpaired) electrons. The third kappa shape index (κ3) is 5.63. The zero-order valence-corrected chi connectivity index (χ0v) is 27.7. The molecule has 6 aliphatic carbocycles. The van der Waals surface area contributed by atoms with Crippen LogP contribution < -0.4 is 0 Å². The Kier molecular flexibility index (Phi) is 8.75. The van der Waals surface area contributed by atoms with E-state index >= 15 is 0 Å². The van der Waals surface area contributed by atoms with Crippen LogP contribution in [0.5, 0.6) is 0 Å². The van der Waals surface area contributed by atoms with Gasteiger partial charge in [-0.1, -0.05) is 56.2 Å². The molecule has 0 N–H and O–H groups in total. The molecule has 40 heavy (non-hydrogen) atoms. The van der Waals surface area contributed by atoms with Crippen LogP contribution in [0.1, 0.15) is 122 Å². The number of hydrogen-bond donors (Lipinski definition) is 0. The summed E-state index contributed by atoms with van der Waals surface area (Å²) in [6.07, 6.45) is 38.1. The molecule has 0 saturated heterocycles. The van der Waals surface area contributed by atoms with E-state index < -0.39 is 0 Å². The van der Waals surface area contributed by atoms with Crippen molar-refractivity contribution in [1.29, 1.82) is 0 Å². The summed E-state index contributed by atoms with van der Waals surface area (Å²) in [4.78, 5) is 7.43. The van der Waals surface area contributed by atoms with E-state index in [4.69, 9.17) is 0 Å². The molecule has 2 fully saturated rings. The second-order valence-electron chi connectivity index (χ2n) is 13.9. The van der Waals surface area contributed by atoms with E-state index in [1.54, 1.807) is 22.5 Å². The van der Waals surface area contributed by atoms with Crippen LogP contribution in [0.25, 0.3) is 0 Å². The minimum atomic E-state index is 0.714. The topological polar surface area (TPSA) is 6.48 Å². The summed E-state index contributed by atoms with van der Waals surface area (Å²) >= 11 is 7.84. The van der Waals surface area contributed by atoms with Crippen LogP contribution in [0.15, 0.2) is 58.5 Å². The van der Waals surface area contributed by atoms with Gasteiger partial charge in [-0.3, -0.25) is 0 Å². The first kappa shape index (κ1) is 28.1. The van der Waals surface area contributed by atoms with Gasteiger partial charge in [0.15, 0.2) is 0 Å². The van der Waals surface area contributed by atoms with Crippen molar-refractivity contribution in [2.24, 2.45) is 5.92 Å². The van der Waals surface area contributed by atoms with Crippen molar-refractivity contribution >= 4 is 31.9 Å². The molecule has 0 aromatic heterocycles. The first-order valence-corrected chi connectivity index (χ1v) is 18.8. The number of allylic oxidation sites excluding steroid dienone is 7. The zero-order chi connectivity index (χ0) is 27.1. The van der Waals surface area contributed by atoms with Gasteiger partial charge in [0.25, 0.3) is 0 Å². The molecule has 7 aliphatic rings. The number of nitrogens with zero attached hydrogens (tertiary/aromatic N) is 2. The molecule has 3 unspecified atom stereocenters. The maximum Gasteiger partial charge on any atom is 0.0393 e. The summed E-state index contributed by atoms with van der Waals surface area (Å²) in [5.41, 5.74) is 8.60. The van der Waals surface area contributed by atoms with Crippen LogP contribution in [0, 0.1) is 5.92 Å². The normalized spacial score (nSPS) is 38.3. The SMILES string of the molecule is BrC1CCC(N(C2=CC=C(C3=CCCC(N4C5=C(CCCC5)C5C=CCCC54)C3)CC2)C2CCC(Br)CC2)CC1. The lowest BCUT2D eigenvalue weighted by atomic mass is 9.82. The maximum absolute atomic E-state index is 3.92. The number of fused-ring (bicyclic) bond motifs is 2. The van der Waals surface area contributed by atoms with E-state index in [1.165, 1.54) is 122 Å². The summed E-state index contributed by atoms with van der Waals surface area (Å²) in [5, 5.41) is 0. The van der Waals surface area contributed by atoms with Gasteiger partial charge in [-0.05, 0) is 145 Å². The largest absolute Gasteiger partial charge is 0.369 e. The van der Waals surface area contributed by atoms with Crippen LogP contribution in [-0.2, 0) is 0 Å². The molecule has 0 aromatic carbocycles. The van der Waals surface area contributed by atoms with E-state index in [2.05, 4.69) is 72.0 Å². The van der Waals surface area contributed by atoms with E-state index in [0.717, 1.165) is 33.7 Å². The maximum atomic E-state index is 3.92. The van der Waals surface area contributed by atoms with Crippen molar-refractivity contribution in [2.45, 2.75) is 156 Å². The Balaban J connectivity index is 1.09. The lowest BCUT2D eigenvalue weighted by molar-refractivity contribution is 0.117. The molecule has 218 valence electrons. The molecule has 3 atom stereocenters. The van der Waals surface area contributed by atoms with Crippen LogP contribution in [0.3, 0.4) is 0 Å². The van der Waals surface area contributed by atoms with Crippen molar-refractivity contribution in [2.75, 3.05) is 0 Å². The second kappa shape index (κ2) is 12.5. The molecule has 0 spiro atoms. The van der Waals surface area contributed by atoms with Crippen LogP contribution in [0.4, 0.5) is 0 Å². The highest BCUT2D eigenvalue weighted by Gasteiger charge is 2.43. The third-order valence-corrected chi connectivity index (χ3v) is 13.4.